The van der Waals surface area contributed by atoms with Gasteiger partial charge in [0.2, 0.25) is 0 Å². The topological polar surface area (TPSA) is 128 Å². The fourth-order valence-corrected chi connectivity index (χ4v) is 3.74. The van der Waals surface area contributed by atoms with Gasteiger partial charge in [-0.3, -0.25) is 10.1 Å². The number of hydrogen-bond donors (Lipinski definition) is 2. The van der Waals surface area contributed by atoms with Gasteiger partial charge in [0.15, 0.2) is 0 Å². The Hall–Kier alpha value is -4.14. The van der Waals surface area contributed by atoms with E-state index in [1.54, 1.807) is 50.2 Å². The van der Waals surface area contributed by atoms with Gasteiger partial charge in [-0.15, -0.1) is 0 Å². The molecule has 1 atom stereocenters. The molecule has 2 aromatic carbocycles. The number of allylic oxidation sites excluding steroid dienone is 2. The molecule has 0 fully saturated rings. The van der Waals surface area contributed by atoms with Gasteiger partial charge in [0.05, 0.1) is 29.1 Å². The molecule has 1 heterocycles. The molecule has 1 aliphatic rings. The lowest BCUT2D eigenvalue weighted by molar-refractivity contribution is -0.384. The Kier molecular flexibility index (Phi) is 6.58. The molecule has 166 valence electrons. The second kappa shape index (κ2) is 9.34. The van der Waals surface area contributed by atoms with Crippen LogP contribution in [0, 0.1) is 10.1 Å². The van der Waals surface area contributed by atoms with Crippen LogP contribution >= 0.6 is 0 Å². The van der Waals surface area contributed by atoms with E-state index in [1.807, 2.05) is 0 Å². The number of ether oxygens (including phenoxy) is 2. The first-order chi connectivity index (χ1) is 15.2. The van der Waals surface area contributed by atoms with Crippen molar-refractivity contribution in [2.45, 2.75) is 26.4 Å². The van der Waals surface area contributed by atoms with Crippen LogP contribution in [-0.2, 0) is 20.9 Å². The van der Waals surface area contributed by atoms with Crippen molar-refractivity contribution < 1.29 is 29.1 Å². The maximum absolute atomic E-state index is 12.6. The van der Waals surface area contributed by atoms with E-state index in [1.165, 1.54) is 19.2 Å². The van der Waals surface area contributed by atoms with E-state index in [2.05, 4.69) is 5.32 Å². The molecule has 1 unspecified atom stereocenters. The summed E-state index contributed by atoms with van der Waals surface area (Å²) in [5.41, 5.74) is 2.04. The third kappa shape index (κ3) is 4.46. The number of non-ortho nitro benzene ring substituents is 1. The number of carbonyl (C=O) groups excluding carboxylic acids is 1. The molecule has 0 aromatic heterocycles. The molecule has 0 aliphatic carbocycles. The number of carbonyl (C=O) groups is 2. The summed E-state index contributed by atoms with van der Waals surface area (Å²) < 4.78 is 10.9. The Bertz CT molecular complexity index is 1150. The van der Waals surface area contributed by atoms with Crippen molar-refractivity contribution in [3.05, 3.63) is 92.3 Å². The summed E-state index contributed by atoms with van der Waals surface area (Å²) in [6.07, 6.45) is 0. The summed E-state index contributed by atoms with van der Waals surface area (Å²) >= 11 is 0. The number of carboxylic acid groups (broad SMARTS) is 1. The van der Waals surface area contributed by atoms with Crippen LogP contribution < -0.4 is 10.1 Å². The van der Waals surface area contributed by atoms with Crippen molar-refractivity contribution in [2.24, 2.45) is 0 Å². The third-order valence-corrected chi connectivity index (χ3v) is 5.14. The summed E-state index contributed by atoms with van der Waals surface area (Å²) in [7, 11) is 1.23. The van der Waals surface area contributed by atoms with Gasteiger partial charge in [-0.05, 0) is 25.5 Å². The average molecular weight is 438 g/mol. The van der Waals surface area contributed by atoms with Crippen LogP contribution in [0.1, 0.15) is 30.9 Å². The van der Waals surface area contributed by atoms with Crippen molar-refractivity contribution in [3.8, 4) is 5.75 Å². The smallest absolute Gasteiger partial charge is 0.336 e. The Morgan fingerprint density at radius 3 is 2.44 bits per heavy atom. The highest BCUT2D eigenvalue weighted by Crippen LogP contribution is 2.42. The highest BCUT2D eigenvalue weighted by atomic mass is 16.6. The first-order valence-electron chi connectivity index (χ1n) is 9.69. The molecular formula is C23H22N2O7. The normalized spacial score (nSPS) is 15.8. The van der Waals surface area contributed by atoms with Crippen molar-refractivity contribution >= 4 is 17.6 Å². The summed E-state index contributed by atoms with van der Waals surface area (Å²) in [6.45, 7) is 3.32. The first-order valence-corrected chi connectivity index (χ1v) is 9.69. The summed E-state index contributed by atoms with van der Waals surface area (Å²) in [6, 6.07) is 12.8. The molecule has 32 heavy (non-hydrogen) atoms. The highest BCUT2D eigenvalue weighted by Gasteiger charge is 2.38. The van der Waals surface area contributed by atoms with E-state index in [0.717, 1.165) is 0 Å². The molecular weight excluding hydrogens is 416 g/mol. The number of rotatable bonds is 7. The number of nitro benzene ring substituents is 1. The van der Waals surface area contributed by atoms with Crippen molar-refractivity contribution in [1.29, 1.82) is 0 Å². The third-order valence-electron chi connectivity index (χ3n) is 5.14. The number of hydrogen-bond acceptors (Lipinski definition) is 7. The Balaban J connectivity index is 2.05. The fourth-order valence-electron chi connectivity index (χ4n) is 3.74. The molecule has 0 amide bonds. The maximum atomic E-state index is 12.6. The zero-order valence-corrected chi connectivity index (χ0v) is 17.7. The predicted octanol–water partition coefficient (Wildman–Crippen LogP) is 3.67. The second-order valence-electron chi connectivity index (χ2n) is 7.19. The predicted molar refractivity (Wildman–Crippen MR) is 115 cm³/mol. The van der Waals surface area contributed by atoms with Gasteiger partial charge in [-0.2, -0.15) is 0 Å². The standard InChI is InChI=1S/C23H22N2O7/c1-13-19(22(26)27)21(20(14(2)24-13)23(28)31-3)17-9-4-5-10-18(17)32-12-15-7-6-8-16(11-15)25(29)30/h4-11,21,24H,12H2,1-3H3,(H,26,27). The Morgan fingerprint density at radius 2 is 1.78 bits per heavy atom. The lowest BCUT2D eigenvalue weighted by Gasteiger charge is -2.30. The fraction of sp³-hybridized carbons (Fsp3) is 0.217. The number of methoxy groups -OCH3 is 1. The van der Waals surface area contributed by atoms with Crippen LogP contribution in [0.15, 0.2) is 71.1 Å². The van der Waals surface area contributed by atoms with E-state index in [4.69, 9.17) is 9.47 Å². The zero-order valence-electron chi connectivity index (χ0n) is 17.7. The monoisotopic (exact) mass is 438 g/mol. The van der Waals surface area contributed by atoms with Crippen LogP contribution in [0.2, 0.25) is 0 Å². The molecule has 1 aliphatic heterocycles. The number of benzene rings is 2. The molecule has 0 saturated carbocycles. The van der Waals surface area contributed by atoms with Crippen LogP contribution in [0.4, 0.5) is 5.69 Å². The van der Waals surface area contributed by atoms with E-state index in [0.29, 0.717) is 28.3 Å². The minimum Gasteiger partial charge on any atom is -0.489 e. The van der Waals surface area contributed by atoms with Crippen molar-refractivity contribution in [1.82, 2.24) is 5.32 Å². The highest BCUT2D eigenvalue weighted by molar-refractivity contribution is 5.99. The minimum absolute atomic E-state index is 0.00222. The lowest BCUT2D eigenvalue weighted by Crippen LogP contribution is -2.31. The number of aliphatic carboxylic acids is 1. The lowest BCUT2D eigenvalue weighted by atomic mass is 9.80. The van der Waals surface area contributed by atoms with E-state index in [9.17, 15) is 24.8 Å². The molecule has 0 bridgehead atoms. The van der Waals surface area contributed by atoms with Crippen LogP contribution in [-0.4, -0.2) is 29.1 Å². The number of nitro groups is 1. The molecule has 9 nitrogen and oxygen atoms in total. The number of dihydropyridines is 1. The minimum atomic E-state index is -1.18. The van der Waals surface area contributed by atoms with E-state index < -0.39 is 22.8 Å². The van der Waals surface area contributed by atoms with Gasteiger partial charge >= 0.3 is 11.9 Å². The number of para-hydroxylation sites is 1. The van der Waals surface area contributed by atoms with Crippen LogP contribution in [0.3, 0.4) is 0 Å². The van der Waals surface area contributed by atoms with Crippen molar-refractivity contribution in [2.75, 3.05) is 7.11 Å². The second-order valence-corrected chi connectivity index (χ2v) is 7.19. The Labute approximate surface area is 184 Å². The molecule has 3 rings (SSSR count). The Morgan fingerprint density at radius 1 is 1.09 bits per heavy atom. The van der Waals surface area contributed by atoms with Crippen LogP contribution in [0.5, 0.6) is 5.75 Å². The number of nitrogens with zero attached hydrogens (tertiary/aromatic N) is 1. The number of nitrogens with one attached hydrogen (secondary N) is 1. The number of carboxylic acids is 1. The molecule has 0 radical (unpaired) electrons. The summed E-state index contributed by atoms with van der Waals surface area (Å²) in [4.78, 5) is 35.3. The molecule has 9 heteroatoms. The summed E-state index contributed by atoms with van der Waals surface area (Å²) in [5, 5.41) is 23.9. The maximum Gasteiger partial charge on any atom is 0.336 e. The van der Waals surface area contributed by atoms with Crippen molar-refractivity contribution in [3.63, 3.8) is 0 Å². The van der Waals surface area contributed by atoms with Gasteiger partial charge in [0.1, 0.15) is 12.4 Å². The zero-order chi connectivity index (χ0) is 23.4. The van der Waals surface area contributed by atoms with Gasteiger partial charge in [0.25, 0.3) is 5.69 Å². The quantitative estimate of drug-likeness (QED) is 0.381. The van der Waals surface area contributed by atoms with Gasteiger partial charge < -0.3 is 19.9 Å². The number of esters is 1. The first kappa shape index (κ1) is 22.5. The van der Waals surface area contributed by atoms with E-state index >= 15 is 0 Å². The molecule has 0 saturated heterocycles. The SMILES string of the molecule is COC(=O)C1=C(C)NC(C)=C(C(=O)O)C1c1ccccc1OCc1cccc([N+](=O)[O-])c1. The van der Waals surface area contributed by atoms with Gasteiger partial charge in [0, 0.05) is 29.1 Å². The van der Waals surface area contributed by atoms with E-state index in [-0.39, 0.29) is 23.4 Å². The van der Waals surface area contributed by atoms with Crippen LogP contribution in [0.25, 0.3) is 0 Å². The van der Waals surface area contributed by atoms with Gasteiger partial charge in [-0.25, -0.2) is 9.59 Å². The molecule has 0 spiro atoms. The average Bonchev–Trinajstić information content (AvgIpc) is 2.76. The molecule has 2 N–H and O–H groups in total. The molecule has 2 aromatic rings. The largest absolute Gasteiger partial charge is 0.489 e. The van der Waals surface area contributed by atoms with Gasteiger partial charge in [-0.1, -0.05) is 30.3 Å². The summed E-state index contributed by atoms with van der Waals surface area (Å²) in [5.74, 6) is -2.41.